The lowest BCUT2D eigenvalue weighted by molar-refractivity contribution is -0.153. The molecule has 4 rings (SSSR count). The van der Waals surface area contributed by atoms with Gasteiger partial charge in [-0.15, -0.1) is 0 Å². The fourth-order valence-electron chi connectivity index (χ4n) is 4.74. The van der Waals surface area contributed by atoms with Crippen molar-refractivity contribution in [2.24, 2.45) is 0 Å². The van der Waals surface area contributed by atoms with Crippen LogP contribution in [0.4, 0.5) is 4.79 Å². The van der Waals surface area contributed by atoms with Crippen molar-refractivity contribution in [3.05, 3.63) is 59.7 Å². The summed E-state index contributed by atoms with van der Waals surface area (Å²) in [4.78, 5) is 38.0. The van der Waals surface area contributed by atoms with E-state index in [2.05, 4.69) is 17.4 Å². The first-order chi connectivity index (χ1) is 15.9. The molecule has 174 valence electrons. The van der Waals surface area contributed by atoms with Crippen molar-refractivity contribution in [2.45, 2.75) is 43.9 Å². The molecular formula is C25H28N2O6. The van der Waals surface area contributed by atoms with Gasteiger partial charge in [0.1, 0.15) is 12.6 Å². The van der Waals surface area contributed by atoms with Crippen LogP contribution < -0.4 is 5.32 Å². The highest BCUT2D eigenvalue weighted by atomic mass is 16.6. The minimum atomic E-state index is -1.08. The van der Waals surface area contributed by atoms with Crippen LogP contribution in [-0.2, 0) is 19.1 Å². The standard InChI is InChI=1S/C25H28N2O6/c1-3-21(24(29)30)27(2)23(28)22-20(12-13-32-22)26-25(31)33-14-19-17-10-6-4-8-15(17)16-9-5-7-11-18(16)19/h4-11,19-22H,3,12-14H2,1-2H3,(H,26,31)(H,29,30)/t20-,21?,22+/m1/s1. The van der Waals surface area contributed by atoms with Gasteiger partial charge in [-0.2, -0.15) is 0 Å². The van der Waals surface area contributed by atoms with E-state index in [0.29, 0.717) is 13.0 Å². The van der Waals surface area contributed by atoms with Gasteiger partial charge in [0.05, 0.1) is 6.04 Å². The maximum absolute atomic E-state index is 12.8. The molecule has 8 nitrogen and oxygen atoms in total. The van der Waals surface area contributed by atoms with Crippen LogP contribution in [0.3, 0.4) is 0 Å². The van der Waals surface area contributed by atoms with Gasteiger partial charge in [0, 0.05) is 19.6 Å². The van der Waals surface area contributed by atoms with Gasteiger partial charge in [-0.05, 0) is 35.1 Å². The quantitative estimate of drug-likeness (QED) is 0.669. The zero-order chi connectivity index (χ0) is 23.5. The van der Waals surface area contributed by atoms with Crippen molar-refractivity contribution in [3.8, 4) is 11.1 Å². The number of hydrogen-bond donors (Lipinski definition) is 2. The highest BCUT2D eigenvalue weighted by Crippen LogP contribution is 2.44. The normalized spacial score (nSPS) is 19.9. The number of hydrogen-bond acceptors (Lipinski definition) is 5. The number of rotatable bonds is 7. The third-order valence-corrected chi connectivity index (χ3v) is 6.47. The molecule has 0 bridgehead atoms. The van der Waals surface area contributed by atoms with Crippen molar-refractivity contribution in [3.63, 3.8) is 0 Å². The first-order valence-electron chi connectivity index (χ1n) is 11.1. The van der Waals surface area contributed by atoms with Crippen LogP contribution in [0, 0.1) is 0 Å². The fraction of sp³-hybridized carbons (Fsp3) is 0.400. The molecule has 3 atom stereocenters. The molecular weight excluding hydrogens is 424 g/mol. The second-order valence-electron chi connectivity index (χ2n) is 8.37. The average Bonchev–Trinajstić information content (AvgIpc) is 3.39. The molecule has 1 fully saturated rings. The number of likely N-dealkylation sites (N-methyl/N-ethyl adjacent to an activating group) is 1. The molecule has 33 heavy (non-hydrogen) atoms. The summed E-state index contributed by atoms with van der Waals surface area (Å²) in [6.45, 7) is 2.16. The van der Waals surface area contributed by atoms with Crippen molar-refractivity contribution < 1.29 is 29.0 Å². The molecule has 2 aromatic rings. The van der Waals surface area contributed by atoms with Crippen molar-refractivity contribution in [1.29, 1.82) is 0 Å². The number of amides is 2. The Morgan fingerprint density at radius 3 is 2.30 bits per heavy atom. The van der Waals surface area contributed by atoms with Crippen LogP contribution in [-0.4, -0.2) is 66.4 Å². The molecule has 1 unspecified atom stereocenters. The second-order valence-corrected chi connectivity index (χ2v) is 8.37. The third kappa shape index (κ3) is 4.43. The number of carbonyl (C=O) groups excluding carboxylic acids is 2. The Morgan fingerprint density at radius 2 is 1.73 bits per heavy atom. The molecule has 2 N–H and O–H groups in total. The first-order valence-corrected chi connectivity index (χ1v) is 11.1. The van der Waals surface area contributed by atoms with E-state index >= 15 is 0 Å². The second kappa shape index (κ2) is 9.62. The molecule has 1 saturated heterocycles. The summed E-state index contributed by atoms with van der Waals surface area (Å²) in [5.74, 6) is -1.61. The minimum Gasteiger partial charge on any atom is -0.480 e. The number of alkyl carbamates (subject to hydrolysis) is 1. The highest BCUT2D eigenvalue weighted by Gasteiger charge is 2.40. The summed E-state index contributed by atoms with van der Waals surface area (Å²) in [5.41, 5.74) is 4.52. The molecule has 2 aromatic carbocycles. The summed E-state index contributed by atoms with van der Waals surface area (Å²) < 4.78 is 11.1. The number of carbonyl (C=O) groups is 3. The topological polar surface area (TPSA) is 105 Å². The van der Waals surface area contributed by atoms with Crippen LogP contribution >= 0.6 is 0 Å². The zero-order valence-electron chi connectivity index (χ0n) is 18.7. The van der Waals surface area contributed by atoms with Crippen LogP contribution in [0.25, 0.3) is 11.1 Å². The SMILES string of the molecule is CCC(C(=O)O)N(C)C(=O)[C@H]1OCC[C@H]1NC(=O)OCC1c2ccccc2-c2ccccc21. The predicted octanol–water partition coefficient (Wildman–Crippen LogP) is 3.00. The number of nitrogens with zero attached hydrogens (tertiary/aromatic N) is 1. The van der Waals surface area contributed by atoms with Crippen LogP contribution in [0.2, 0.25) is 0 Å². The third-order valence-electron chi connectivity index (χ3n) is 6.47. The number of fused-ring (bicyclic) bond motifs is 3. The average molecular weight is 453 g/mol. The van der Waals surface area contributed by atoms with Gasteiger partial charge in [-0.25, -0.2) is 9.59 Å². The largest absolute Gasteiger partial charge is 0.480 e. The Labute approximate surface area is 192 Å². The lowest BCUT2D eigenvalue weighted by Crippen LogP contribution is -2.52. The Morgan fingerprint density at radius 1 is 1.12 bits per heavy atom. The summed E-state index contributed by atoms with van der Waals surface area (Å²) in [7, 11) is 1.44. The van der Waals surface area contributed by atoms with Gasteiger partial charge in [0.25, 0.3) is 5.91 Å². The van der Waals surface area contributed by atoms with Crippen LogP contribution in [0.5, 0.6) is 0 Å². The van der Waals surface area contributed by atoms with E-state index in [1.807, 2.05) is 36.4 Å². The molecule has 0 aromatic heterocycles. The summed E-state index contributed by atoms with van der Waals surface area (Å²) in [5, 5.41) is 12.1. The van der Waals surface area contributed by atoms with E-state index < -0.39 is 36.2 Å². The first kappa shape index (κ1) is 22.8. The summed E-state index contributed by atoms with van der Waals surface area (Å²) >= 11 is 0. The maximum atomic E-state index is 12.8. The highest BCUT2D eigenvalue weighted by molar-refractivity contribution is 5.87. The molecule has 2 amide bonds. The van der Waals surface area contributed by atoms with Gasteiger partial charge in [0.2, 0.25) is 0 Å². The predicted molar refractivity (Wildman–Crippen MR) is 121 cm³/mol. The lowest BCUT2D eigenvalue weighted by atomic mass is 9.98. The van der Waals surface area contributed by atoms with Gasteiger partial charge >= 0.3 is 12.1 Å². The number of nitrogens with one attached hydrogen (secondary N) is 1. The number of benzene rings is 2. The van der Waals surface area contributed by atoms with E-state index in [0.717, 1.165) is 22.3 Å². The van der Waals surface area contributed by atoms with E-state index in [-0.39, 0.29) is 18.9 Å². The van der Waals surface area contributed by atoms with Gasteiger partial charge < -0.3 is 24.8 Å². The minimum absolute atomic E-state index is 0.0626. The lowest BCUT2D eigenvalue weighted by Gasteiger charge is -2.28. The van der Waals surface area contributed by atoms with Crippen molar-refractivity contribution >= 4 is 18.0 Å². The molecule has 0 radical (unpaired) electrons. The van der Waals surface area contributed by atoms with Gasteiger partial charge in [-0.3, -0.25) is 4.79 Å². The van der Waals surface area contributed by atoms with Gasteiger partial charge in [-0.1, -0.05) is 55.5 Å². The van der Waals surface area contributed by atoms with Crippen molar-refractivity contribution in [1.82, 2.24) is 10.2 Å². The zero-order valence-corrected chi connectivity index (χ0v) is 18.7. The Hall–Kier alpha value is -3.39. The van der Waals surface area contributed by atoms with E-state index in [1.165, 1.54) is 11.9 Å². The Kier molecular flexibility index (Phi) is 6.65. The number of carboxylic acid groups (broad SMARTS) is 1. The smallest absolute Gasteiger partial charge is 0.407 e. The number of aliphatic carboxylic acids is 1. The Bertz CT molecular complexity index is 1010. The van der Waals surface area contributed by atoms with Crippen molar-refractivity contribution in [2.75, 3.05) is 20.3 Å². The maximum Gasteiger partial charge on any atom is 0.407 e. The monoisotopic (exact) mass is 452 g/mol. The summed E-state index contributed by atoms with van der Waals surface area (Å²) in [6, 6.07) is 14.6. The molecule has 1 aliphatic carbocycles. The molecule has 0 spiro atoms. The molecule has 1 heterocycles. The number of carboxylic acids is 1. The van der Waals surface area contributed by atoms with Crippen LogP contribution in [0.1, 0.15) is 36.8 Å². The van der Waals surface area contributed by atoms with E-state index in [9.17, 15) is 19.5 Å². The number of ether oxygens (including phenoxy) is 2. The summed E-state index contributed by atoms with van der Waals surface area (Å²) in [6.07, 6.45) is -0.852. The molecule has 8 heteroatoms. The van der Waals surface area contributed by atoms with Crippen LogP contribution in [0.15, 0.2) is 48.5 Å². The fourth-order valence-corrected chi connectivity index (χ4v) is 4.74. The van der Waals surface area contributed by atoms with E-state index in [1.54, 1.807) is 6.92 Å². The molecule has 1 aliphatic heterocycles. The molecule has 0 saturated carbocycles. The Balaban J connectivity index is 1.39. The van der Waals surface area contributed by atoms with Gasteiger partial charge in [0.15, 0.2) is 6.10 Å². The molecule has 2 aliphatic rings. The van der Waals surface area contributed by atoms with E-state index in [4.69, 9.17) is 9.47 Å².